The van der Waals surface area contributed by atoms with Gasteiger partial charge in [-0.1, -0.05) is 18.0 Å². The van der Waals surface area contributed by atoms with E-state index in [4.69, 9.17) is 11.6 Å². The van der Waals surface area contributed by atoms with Crippen molar-refractivity contribution < 1.29 is 8.42 Å². The molecule has 2 aliphatic heterocycles. The molecule has 0 bridgehead atoms. The maximum Gasteiger partial charge on any atom is 0.153 e. The minimum atomic E-state index is -2.96. The molecule has 8 heteroatoms. The number of piperidine rings is 1. The minimum absolute atomic E-state index is 0.0291. The van der Waals surface area contributed by atoms with Crippen LogP contribution in [0, 0.1) is 0 Å². The van der Waals surface area contributed by atoms with E-state index in [9.17, 15) is 8.42 Å². The van der Waals surface area contributed by atoms with Crippen LogP contribution < -0.4 is 5.32 Å². The largest absolute Gasteiger partial charge is 0.321 e. The number of sulfone groups is 1. The van der Waals surface area contributed by atoms with Gasteiger partial charge in [0.25, 0.3) is 0 Å². The molecule has 0 aromatic carbocycles. The highest BCUT2D eigenvalue weighted by atomic mass is 35.5. The normalized spacial score (nSPS) is 29.0. The Morgan fingerprint density at radius 2 is 2.05 bits per heavy atom. The molecule has 0 saturated carbocycles. The number of imidazole rings is 1. The maximum absolute atomic E-state index is 12.1. The molecular formula is C14H23ClN4O2S. The molecule has 0 amide bonds. The molecule has 124 valence electrons. The third-order valence-corrected chi connectivity index (χ3v) is 6.80. The highest BCUT2D eigenvalue weighted by molar-refractivity contribution is 7.91. The molecule has 2 fully saturated rings. The van der Waals surface area contributed by atoms with Crippen molar-refractivity contribution >= 4 is 21.4 Å². The molecular weight excluding hydrogens is 324 g/mol. The summed E-state index contributed by atoms with van der Waals surface area (Å²) in [7, 11) is -1.10. The molecule has 3 rings (SSSR count). The Morgan fingerprint density at radius 1 is 1.32 bits per heavy atom. The molecule has 0 spiro atoms. The Bertz CT molecular complexity index is 625. The summed E-state index contributed by atoms with van der Waals surface area (Å²) in [6.45, 7) is 2.55. The maximum atomic E-state index is 12.1. The molecule has 0 radical (unpaired) electrons. The number of hydrogen-bond donors (Lipinski definition) is 1. The monoisotopic (exact) mass is 346 g/mol. The van der Waals surface area contributed by atoms with E-state index < -0.39 is 9.84 Å². The third-order valence-electron chi connectivity index (χ3n) is 4.73. The lowest BCUT2D eigenvalue weighted by Crippen LogP contribution is -2.50. The van der Waals surface area contributed by atoms with Gasteiger partial charge in [0, 0.05) is 19.1 Å². The van der Waals surface area contributed by atoms with Crippen molar-refractivity contribution in [1.82, 2.24) is 19.8 Å². The lowest BCUT2D eigenvalue weighted by molar-refractivity contribution is 0.154. The second-order valence-corrected chi connectivity index (χ2v) is 8.83. The molecule has 1 N–H and O–H groups in total. The van der Waals surface area contributed by atoms with Crippen LogP contribution in [-0.2, 0) is 23.4 Å². The van der Waals surface area contributed by atoms with Crippen LogP contribution in [-0.4, -0.2) is 59.5 Å². The van der Waals surface area contributed by atoms with Gasteiger partial charge in [-0.2, -0.15) is 0 Å². The third kappa shape index (κ3) is 3.48. The highest BCUT2D eigenvalue weighted by Gasteiger charge is 2.40. The van der Waals surface area contributed by atoms with E-state index in [0.29, 0.717) is 11.7 Å². The number of aromatic nitrogens is 2. The summed E-state index contributed by atoms with van der Waals surface area (Å²) in [6.07, 6.45) is 5.20. The van der Waals surface area contributed by atoms with E-state index in [1.54, 1.807) is 6.20 Å². The lowest BCUT2D eigenvalue weighted by atomic mass is 10.1. The fourth-order valence-corrected chi connectivity index (χ4v) is 5.58. The van der Waals surface area contributed by atoms with Gasteiger partial charge in [0.1, 0.15) is 11.0 Å². The first kappa shape index (κ1) is 16.2. The Balaban J connectivity index is 1.68. The topological polar surface area (TPSA) is 67.2 Å². The van der Waals surface area contributed by atoms with Gasteiger partial charge in [0.15, 0.2) is 9.84 Å². The van der Waals surface area contributed by atoms with Crippen molar-refractivity contribution in [3.8, 4) is 0 Å². The first-order valence-corrected chi connectivity index (χ1v) is 10.0. The molecule has 0 aliphatic carbocycles. The zero-order chi connectivity index (χ0) is 15.7. The lowest BCUT2D eigenvalue weighted by Gasteiger charge is -2.35. The standard InChI is InChI=1S/C14H23ClN4O2S/c1-18-13(15)7-17-14(18)8-16-11-9-22(20,21)10-12(11)19-5-3-2-4-6-19/h7,11-12,16H,2-6,8-10H2,1H3/t11-,12-/m1/s1. The number of hydrogen-bond acceptors (Lipinski definition) is 5. The smallest absolute Gasteiger partial charge is 0.153 e. The fraction of sp³-hybridized carbons (Fsp3) is 0.786. The summed E-state index contributed by atoms with van der Waals surface area (Å²) in [6, 6.07) is 0.0552. The van der Waals surface area contributed by atoms with Crippen LogP contribution in [0.25, 0.3) is 0 Å². The van der Waals surface area contributed by atoms with Gasteiger partial charge in [-0.15, -0.1) is 0 Å². The average Bonchev–Trinajstić information content (AvgIpc) is 2.98. The Kier molecular flexibility index (Phi) is 4.77. The van der Waals surface area contributed by atoms with Crippen molar-refractivity contribution in [2.24, 2.45) is 7.05 Å². The van der Waals surface area contributed by atoms with E-state index in [0.717, 1.165) is 31.8 Å². The fourth-order valence-electron chi connectivity index (χ4n) is 3.44. The molecule has 3 heterocycles. The molecule has 6 nitrogen and oxygen atoms in total. The van der Waals surface area contributed by atoms with Crippen LogP contribution in [0.5, 0.6) is 0 Å². The van der Waals surface area contributed by atoms with Crippen molar-refractivity contribution in [3.63, 3.8) is 0 Å². The Labute approximate surface area is 136 Å². The van der Waals surface area contributed by atoms with Crippen molar-refractivity contribution in [2.45, 2.75) is 37.9 Å². The summed E-state index contributed by atoms with van der Waals surface area (Å²) in [5.41, 5.74) is 0. The summed E-state index contributed by atoms with van der Waals surface area (Å²) in [4.78, 5) is 6.60. The minimum Gasteiger partial charge on any atom is -0.321 e. The van der Waals surface area contributed by atoms with Gasteiger partial charge < -0.3 is 9.88 Å². The first-order valence-electron chi connectivity index (χ1n) is 7.80. The van der Waals surface area contributed by atoms with Gasteiger partial charge in [0.05, 0.1) is 24.2 Å². The summed E-state index contributed by atoms with van der Waals surface area (Å²) < 4.78 is 25.9. The zero-order valence-corrected chi connectivity index (χ0v) is 14.4. The summed E-state index contributed by atoms with van der Waals surface area (Å²) in [5.74, 6) is 1.31. The number of nitrogens with zero attached hydrogens (tertiary/aromatic N) is 3. The average molecular weight is 347 g/mol. The van der Waals surface area contributed by atoms with Gasteiger partial charge >= 0.3 is 0 Å². The molecule has 22 heavy (non-hydrogen) atoms. The van der Waals surface area contributed by atoms with E-state index in [2.05, 4.69) is 15.2 Å². The molecule has 2 saturated heterocycles. The van der Waals surface area contributed by atoms with Crippen LogP contribution in [0.15, 0.2) is 6.20 Å². The van der Waals surface area contributed by atoms with Gasteiger partial charge in [-0.05, 0) is 25.9 Å². The van der Waals surface area contributed by atoms with Gasteiger partial charge in [-0.25, -0.2) is 13.4 Å². The molecule has 2 aliphatic rings. The van der Waals surface area contributed by atoms with Crippen LogP contribution in [0.3, 0.4) is 0 Å². The van der Waals surface area contributed by atoms with Crippen LogP contribution in [0.1, 0.15) is 25.1 Å². The number of rotatable bonds is 4. The predicted molar refractivity (Wildman–Crippen MR) is 86.7 cm³/mol. The molecule has 0 unspecified atom stereocenters. The predicted octanol–water partition coefficient (Wildman–Crippen LogP) is 0.815. The number of likely N-dealkylation sites (tertiary alicyclic amines) is 1. The van der Waals surface area contributed by atoms with Gasteiger partial charge in [-0.3, -0.25) is 4.90 Å². The number of nitrogens with one attached hydrogen (secondary N) is 1. The van der Waals surface area contributed by atoms with Crippen LogP contribution in [0.4, 0.5) is 0 Å². The SMILES string of the molecule is Cn1c(Cl)cnc1CN[C@@H]1CS(=O)(=O)C[C@H]1N1CCCCC1. The van der Waals surface area contributed by atoms with E-state index >= 15 is 0 Å². The van der Waals surface area contributed by atoms with Crippen molar-refractivity contribution in [3.05, 3.63) is 17.2 Å². The Hall–Kier alpha value is -0.630. The first-order chi connectivity index (χ1) is 10.5. The molecule has 1 aromatic rings. The molecule has 2 atom stereocenters. The Morgan fingerprint density at radius 3 is 2.68 bits per heavy atom. The second-order valence-electron chi connectivity index (χ2n) is 6.28. The highest BCUT2D eigenvalue weighted by Crippen LogP contribution is 2.22. The van der Waals surface area contributed by atoms with Crippen LogP contribution >= 0.6 is 11.6 Å². The quantitative estimate of drug-likeness (QED) is 0.874. The van der Waals surface area contributed by atoms with Gasteiger partial charge in [0.2, 0.25) is 0 Å². The summed E-state index contributed by atoms with van der Waals surface area (Å²) in [5, 5.41) is 3.98. The van der Waals surface area contributed by atoms with E-state index in [1.165, 1.54) is 6.42 Å². The van der Waals surface area contributed by atoms with Crippen LogP contribution in [0.2, 0.25) is 5.15 Å². The van der Waals surface area contributed by atoms with E-state index in [1.807, 2.05) is 11.6 Å². The van der Waals surface area contributed by atoms with Crippen molar-refractivity contribution in [1.29, 1.82) is 0 Å². The van der Waals surface area contributed by atoms with Crippen molar-refractivity contribution in [2.75, 3.05) is 24.6 Å². The summed E-state index contributed by atoms with van der Waals surface area (Å²) >= 11 is 5.99. The second kappa shape index (κ2) is 6.47. The molecule has 1 aromatic heterocycles. The zero-order valence-electron chi connectivity index (χ0n) is 12.8. The number of halogens is 1. The van der Waals surface area contributed by atoms with E-state index in [-0.39, 0.29) is 23.6 Å².